The van der Waals surface area contributed by atoms with Crippen molar-refractivity contribution in [3.05, 3.63) is 11.9 Å². The summed E-state index contributed by atoms with van der Waals surface area (Å²) < 4.78 is 1.79. The van der Waals surface area contributed by atoms with Gasteiger partial charge in [0, 0.05) is 33.2 Å². The topological polar surface area (TPSA) is 66.3 Å². The Morgan fingerprint density at radius 2 is 2.20 bits per heavy atom. The van der Waals surface area contributed by atoms with Crippen molar-refractivity contribution in [2.45, 2.75) is 18.9 Å². The highest BCUT2D eigenvalue weighted by atomic mass is 16.2. The van der Waals surface area contributed by atoms with E-state index >= 15 is 0 Å². The zero-order valence-electron chi connectivity index (χ0n) is 12.0. The van der Waals surface area contributed by atoms with E-state index < -0.39 is 0 Å². The third-order valence-electron chi connectivity index (χ3n) is 4.16. The van der Waals surface area contributed by atoms with Gasteiger partial charge in [-0.1, -0.05) is 5.21 Å². The quantitative estimate of drug-likeness (QED) is 0.793. The number of hydrogen-bond donors (Lipinski definition) is 1. The zero-order chi connectivity index (χ0) is 13.9. The van der Waals surface area contributed by atoms with Gasteiger partial charge in [0.05, 0.1) is 12.2 Å². The molecule has 1 aromatic heterocycles. The molecule has 0 saturated carbocycles. The van der Waals surface area contributed by atoms with Crippen LogP contribution < -0.4 is 5.32 Å². The van der Waals surface area contributed by atoms with Crippen molar-refractivity contribution in [3.63, 3.8) is 0 Å². The number of amides is 1. The van der Waals surface area contributed by atoms with E-state index in [0.717, 1.165) is 39.3 Å². The molecule has 0 spiro atoms. The number of carbonyl (C=O) groups is 1. The molecule has 1 aromatic rings. The van der Waals surface area contributed by atoms with Crippen LogP contribution in [-0.2, 0) is 0 Å². The molecule has 0 atom stereocenters. The van der Waals surface area contributed by atoms with Crippen LogP contribution in [0.3, 0.4) is 0 Å². The number of carbonyl (C=O) groups excluding carboxylic acids is 1. The zero-order valence-corrected chi connectivity index (χ0v) is 12.0. The number of likely N-dealkylation sites (tertiary alicyclic amines) is 1. The second-order valence-corrected chi connectivity index (χ2v) is 5.67. The average molecular weight is 278 g/mol. The second kappa shape index (κ2) is 5.88. The number of hydrogen-bond acceptors (Lipinski definition) is 5. The maximum absolute atomic E-state index is 12.3. The summed E-state index contributed by atoms with van der Waals surface area (Å²) in [5, 5.41) is 11.2. The summed E-state index contributed by atoms with van der Waals surface area (Å²) in [4.78, 5) is 16.4. The Morgan fingerprint density at radius 3 is 2.85 bits per heavy atom. The molecule has 110 valence electrons. The summed E-state index contributed by atoms with van der Waals surface area (Å²) in [6.07, 6.45) is 4.32. The fraction of sp³-hybridized carbons (Fsp3) is 0.769. The molecule has 1 N–H and O–H groups in total. The summed E-state index contributed by atoms with van der Waals surface area (Å²) in [6, 6.07) is 0.346. The number of nitrogens with one attached hydrogen (secondary N) is 1. The van der Waals surface area contributed by atoms with Crippen LogP contribution >= 0.6 is 0 Å². The summed E-state index contributed by atoms with van der Waals surface area (Å²) in [5.41, 5.74) is 0.445. The predicted octanol–water partition coefficient (Wildman–Crippen LogP) is -0.410. The lowest BCUT2D eigenvalue weighted by Crippen LogP contribution is -2.43. The van der Waals surface area contributed by atoms with Gasteiger partial charge in [0.15, 0.2) is 5.69 Å². The van der Waals surface area contributed by atoms with E-state index in [1.807, 2.05) is 7.05 Å². The summed E-state index contributed by atoms with van der Waals surface area (Å²) in [6.45, 7) is 5.82. The van der Waals surface area contributed by atoms with Crippen LogP contribution in [0.2, 0.25) is 0 Å². The molecule has 2 saturated heterocycles. The lowest BCUT2D eigenvalue weighted by Gasteiger charge is -2.26. The van der Waals surface area contributed by atoms with Crippen LogP contribution in [0.1, 0.15) is 29.4 Å². The Morgan fingerprint density at radius 1 is 1.45 bits per heavy atom. The van der Waals surface area contributed by atoms with Crippen LogP contribution in [0.5, 0.6) is 0 Å². The standard InChI is InChI=1S/C13H22N6O/c1-17(6-7-18-4-2-3-5-18)13(20)12-10-19(16-15-12)11-8-14-9-11/h10-11,14H,2-9H2,1H3. The fourth-order valence-corrected chi connectivity index (χ4v) is 2.61. The third-order valence-corrected chi connectivity index (χ3v) is 4.16. The van der Waals surface area contributed by atoms with E-state index in [1.165, 1.54) is 12.8 Å². The summed E-state index contributed by atoms with van der Waals surface area (Å²) in [7, 11) is 1.84. The average Bonchev–Trinajstić information content (AvgIpc) is 3.04. The monoisotopic (exact) mass is 278 g/mol. The molecule has 0 aliphatic carbocycles. The van der Waals surface area contributed by atoms with Crippen molar-refractivity contribution >= 4 is 5.91 Å². The van der Waals surface area contributed by atoms with Crippen molar-refractivity contribution < 1.29 is 4.79 Å². The molecule has 0 aromatic carbocycles. The Balaban J connectivity index is 1.52. The van der Waals surface area contributed by atoms with Crippen molar-refractivity contribution in [3.8, 4) is 0 Å². The summed E-state index contributed by atoms with van der Waals surface area (Å²) in [5.74, 6) is -0.0391. The highest BCUT2D eigenvalue weighted by molar-refractivity contribution is 5.91. The van der Waals surface area contributed by atoms with E-state index in [1.54, 1.807) is 15.8 Å². The summed E-state index contributed by atoms with van der Waals surface area (Å²) >= 11 is 0. The normalized spacial score (nSPS) is 20.1. The van der Waals surface area contributed by atoms with Gasteiger partial charge < -0.3 is 15.1 Å². The molecule has 20 heavy (non-hydrogen) atoms. The van der Waals surface area contributed by atoms with Crippen LogP contribution in [0.4, 0.5) is 0 Å². The lowest BCUT2D eigenvalue weighted by atomic mass is 10.2. The molecule has 2 aliphatic rings. The fourth-order valence-electron chi connectivity index (χ4n) is 2.61. The van der Waals surface area contributed by atoms with E-state index in [2.05, 4.69) is 20.5 Å². The first-order chi connectivity index (χ1) is 9.74. The molecule has 7 nitrogen and oxygen atoms in total. The van der Waals surface area contributed by atoms with Gasteiger partial charge in [-0.3, -0.25) is 4.79 Å². The maximum atomic E-state index is 12.3. The second-order valence-electron chi connectivity index (χ2n) is 5.67. The first kappa shape index (κ1) is 13.5. The number of likely N-dealkylation sites (N-methyl/N-ethyl adjacent to an activating group) is 1. The highest BCUT2D eigenvalue weighted by Crippen LogP contribution is 2.11. The molecular formula is C13H22N6O. The van der Waals surface area contributed by atoms with Gasteiger partial charge in [-0.25, -0.2) is 4.68 Å². The molecule has 7 heteroatoms. The van der Waals surface area contributed by atoms with Crippen LogP contribution in [0.25, 0.3) is 0 Å². The number of aromatic nitrogens is 3. The first-order valence-corrected chi connectivity index (χ1v) is 7.34. The molecule has 2 fully saturated rings. The van der Waals surface area contributed by atoms with Gasteiger partial charge in [-0.05, 0) is 25.9 Å². The molecule has 0 radical (unpaired) electrons. The maximum Gasteiger partial charge on any atom is 0.275 e. The third kappa shape index (κ3) is 2.83. The SMILES string of the molecule is CN(CCN1CCCC1)C(=O)c1cn(C2CNC2)nn1. The van der Waals surface area contributed by atoms with E-state index in [-0.39, 0.29) is 5.91 Å². The molecule has 3 heterocycles. The van der Waals surface area contributed by atoms with E-state index in [4.69, 9.17) is 0 Å². The van der Waals surface area contributed by atoms with Crippen LogP contribution in [-0.4, -0.2) is 77.0 Å². The molecule has 0 unspecified atom stereocenters. The Bertz CT molecular complexity index is 463. The van der Waals surface area contributed by atoms with Gasteiger partial charge in [0.2, 0.25) is 0 Å². The van der Waals surface area contributed by atoms with Gasteiger partial charge >= 0.3 is 0 Å². The predicted molar refractivity (Wildman–Crippen MR) is 74.6 cm³/mol. The minimum absolute atomic E-state index is 0.0391. The van der Waals surface area contributed by atoms with Gasteiger partial charge in [-0.2, -0.15) is 0 Å². The Kier molecular flexibility index (Phi) is 3.98. The van der Waals surface area contributed by atoms with Crippen molar-refractivity contribution in [2.75, 3.05) is 46.3 Å². The smallest absolute Gasteiger partial charge is 0.275 e. The van der Waals surface area contributed by atoms with Gasteiger partial charge in [-0.15, -0.1) is 5.10 Å². The minimum Gasteiger partial charge on any atom is -0.339 e. The van der Waals surface area contributed by atoms with Crippen LogP contribution in [0, 0.1) is 0 Å². The molecule has 0 bridgehead atoms. The van der Waals surface area contributed by atoms with Crippen molar-refractivity contribution in [1.29, 1.82) is 0 Å². The Hall–Kier alpha value is -1.47. The Labute approximate surface area is 118 Å². The van der Waals surface area contributed by atoms with Crippen molar-refractivity contribution in [1.82, 2.24) is 30.1 Å². The van der Waals surface area contributed by atoms with Crippen molar-refractivity contribution in [2.24, 2.45) is 0 Å². The highest BCUT2D eigenvalue weighted by Gasteiger charge is 2.23. The van der Waals surface area contributed by atoms with Gasteiger partial charge in [0.25, 0.3) is 5.91 Å². The first-order valence-electron chi connectivity index (χ1n) is 7.34. The molecular weight excluding hydrogens is 256 g/mol. The number of rotatable bonds is 5. The molecule has 1 amide bonds. The largest absolute Gasteiger partial charge is 0.339 e. The van der Waals surface area contributed by atoms with E-state index in [9.17, 15) is 4.79 Å². The molecule has 3 rings (SSSR count). The van der Waals surface area contributed by atoms with E-state index in [0.29, 0.717) is 11.7 Å². The molecule has 2 aliphatic heterocycles. The van der Waals surface area contributed by atoms with Crippen LogP contribution in [0.15, 0.2) is 6.20 Å². The minimum atomic E-state index is -0.0391. The van der Waals surface area contributed by atoms with Gasteiger partial charge in [0.1, 0.15) is 0 Å². The lowest BCUT2D eigenvalue weighted by molar-refractivity contribution is 0.0776. The number of nitrogens with zero attached hydrogens (tertiary/aromatic N) is 5.